The molecule has 18 nitrogen and oxygen atoms in total. The van der Waals surface area contributed by atoms with Gasteiger partial charge in [-0.3, -0.25) is 17.7 Å². The van der Waals surface area contributed by atoms with Crippen LogP contribution in [-0.2, 0) is 54.0 Å². The van der Waals surface area contributed by atoms with Crippen molar-refractivity contribution in [3.63, 3.8) is 0 Å². The highest BCUT2D eigenvalue weighted by molar-refractivity contribution is 7.93. The SMILES string of the molecule is CCCCCCC[NH2+]C1c2ccccc2N(C)S(=O)(=O)c2cc(C)ccc21.CCCCCCC[NH2+]C1c2ccccc2N(C)S(=O)(=O)c2cc(C)ccc21.Cc1ccc2c(c1)S(=O)(=O)N(C)c1ccccc1C2[NH2+]CCCCCCCCC(=O)O.O=C=O.O=C=O.[Cl-].[Cl-].[Cl-]. The lowest BCUT2D eigenvalue weighted by molar-refractivity contribution is -0.687. The number of fused-ring (bicyclic) bond motifs is 6. The van der Waals surface area contributed by atoms with Gasteiger partial charge in [-0.05, 0) is 119 Å². The molecule has 3 aliphatic rings. The smallest absolute Gasteiger partial charge is 0.373 e. The van der Waals surface area contributed by atoms with Crippen molar-refractivity contribution >= 4 is 65.4 Å². The molecule has 0 spiro atoms. The van der Waals surface area contributed by atoms with E-state index >= 15 is 0 Å². The van der Waals surface area contributed by atoms with E-state index in [2.05, 4.69) is 41.9 Å². The lowest BCUT2D eigenvalue weighted by atomic mass is 9.96. The van der Waals surface area contributed by atoms with Crippen molar-refractivity contribution in [2.75, 3.05) is 53.7 Å². The van der Waals surface area contributed by atoms with Gasteiger partial charge in [-0.25, -0.2) is 25.3 Å². The van der Waals surface area contributed by atoms with Crippen LogP contribution in [0.2, 0.25) is 0 Å². The molecule has 3 aliphatic heterocycles. The van der Waals surface area contributed by atoms with Gasteiger partial charge in [0.25, 0.3) is 30.1 Å². The Bertz CT molecular complexity index is 3610. The summed E-state index contributed by atoms with van der Waals surface area (Å²) in [5.74, 6) is -0.721. The molecule has 0 aromatic heterocycles. The molecule has 3 heterocycles. The molecule has 94 heavy (non-hydrogen) atoms. The van der Waals surface area contributed by atoms with Crippen molar-refractivity contribution in [3.8, 4) is 0 Å². The molecule has 7 N–H and O–H groups in total. The lowest BCUT2D eigenvalue weighted by Crippen LogP contribution is -3.00. The number of carbonyl (C=O) groups is 1. The van der Waals surface area contributed by atoms with Crippen LogP contribution in [0.1, 0.15) is 191 Å². The van der Waals surface area contributed by atoms with Crippen LogP contribution in [0, 0.1) is 20.8 Å². The number of rotatable bonds is 24. The van der Waals surface area contributed by atoms with Crippen LogP contribution in [0.15, 0.2) is 142 Å². The number of carbonyl (C=O) groups excluding carboxylic acids is 4. The summed E-state index contributed by atoms with van der Waals surface area (Å²) in [6.45, 7) is 13.2. The van der Waals surface area contributed by atoms with E-state index in [1.807, 2.05) is 130 Å². The van der Waals surface area contributed by atoms with Gasteiger partial charge in [-0.2, -0.15) is 19.2 Å². The second kappa shape index (κ2) is 41.5. The van der Waals surface area contributed by atoms with E-state index in [4.69, 9.17) is 24.3 Å². The van der Waals surface area contributed by atoms with E-state index < -0.39 is 36.0 Å². The van der Waals surface area contributed by atoms with E-state index in [9.17, 15) is 30.0 Å². The summed E-state index contributed by atoms with van der Waals surface area (Å²) < 4.78 is 83.9. The van der Waals surface area contributed by atoms with Gasteiger partial charge in [0.15, 0.2) is 0 Å². The van der Waals surface area contributed by atoms with Crippen LogP contribution in [0.5, 0.6) is 0 Å². The van der Waals surface area contributed by atoms with Gasteiger partial charge >= 0.3 is 18.3 Å². The Morgan fingerprint density at radius 2 is 0.638 bits per heavy atom. The molecular weight excluding hydrogens is 1320 g/mol. The number of para-hydroxylation sites is 3. The Morgan fingerprint density at radius 3 is 0.904 bits per heavy atom. The first kappa shape index (κ1) is 83.6. The third-order valence-corrected chi connectivity index (χ3v) is 22.4. The number of aliphatic carboxylic acids is 1. The third kappa shape index (κ3) is 22.3. The molecule has 6 aromatic rings. The molecule has 3 unspecified atom stereocenters. The number of anilines is 3. The number of benzene rings is 6. The number of carboxylic acids is 1. The zero-order valence-corrected chi connectivity index (χ0v) is 60.1. The number of quaternary nitrogens is 3. The molecule has 0 radical (unpaired) electrons. The van der Waals surface area contributed by atoms with Gasteiger partial charge in [0.1, 0.15) is 18.1 Å². The van der Waals surface area contributed by atoms with Crippen LogP contribution in [-0.4, -0.2) is 89.4 Å². The first-order valence-corrected chi connectivity index (χ1v) is 36.2. The van der Waals surface area contributed by atoms with Crippen LogP contribution < -0.4 is 66.1 Å². The summed E-state index contributed by atoms with van der Waals surface area (Å²) in [4.78, 5) is 44.3. The number of nitrogens with zero attached hydrogens (tertiary/aromatic N) is 3. The molecule has 6 aromatic carbocycles. The van der Waals surface area contributed by atoms with E-state index in [0.29, 0.717) is 14.7 Å². The predicted molar refractivity (Wildman–Crippen MR) is 353 cm³/mol. The van der Waals surface area contributed by atoms with Crippen molar-refractivity contribution in [1.82, 2.24) is 0 Å². The highest BCUT2D eigenvalue weighted by Gasteiger charge is 2.39. The first-order valence-electron chi connectivity index (χ1n) is 31.8. The molecule has 0 amide bonds. The molecule has 0 saturated carbocycles. The van der Waals surface area contributed by atoms with Crippen LogP contribution in [0.25, 0.3) is 0 Å². The van der Waals surface area contributed by atoms with Gasteiger partial charge in [-0.15, -0.1) is 0 Å². The van der Waals surface area contributed by atoms with Crippen molar-refractivity contribution in [1.29, 1.82) is 0 Å². The maximum atomic E-state index is 13.3. The van der Waals surface area contributed by atoms with Crippen molar-refractivity contribution in [2.24, 2.45) is 0 Å². The monoisotopic (exact) mass is 1410 g/mol. The number of hydrogen-bond donors (Lipinski definition) is 4. The Labute approximate surface area is 576 Å². The van der Waals surface area contributed by atoms with E-state index in [0.717, 1.165) is 138 Å². The third-order valence-electron chi connectivity index (χ3n) is 16.9. The maximum Gasteiger partial charge on any atom is 0.373 e. The van der Waals surface area contributed by atoms with Gasteiger partial charge in [0, 0.05) is 60.9 Å². The van der Waals surface area contributed by atoms with Crippen LogP contribution in [0.4, 0.5) is 17.1 Å². The van der Waals surface area contributed by atoms with Crippen molar-refractivity contribution in [3.05, 3.63) is 177 Å². The summed E-state index contributed by atoms with van der Waals surface area (Å²) in [6, 6.07) is 40.9. The number of unbranched alkanes of at least 4 members (excludes halogenated alkanes) is 13. The number of aryl methyl sites for hydroxylation is 3. The van der Waals surface area contributed by atoms with Crippen LogP contribution >= 0.6 is 0 Å². The molecule has 9 rings (SSSR count). The zero-order chi connectivity index (χ0) is 66.7. The minimum absolute atomic E-state index is 0. The van der Waals surface area contributed by atoms with Crippen LogP contribution in [0.3, 0.4) is 0 Å². The van der Waals surface area contributed by atoms with E-state index in [-0.39, 0.29) is 74.1 Å². The fourth-order valence-electron chi connectivity index (χ4n) is 12.0. The fourth-order valence-corrected chi connectivity index (χ4v) is 16.7. The Balaban J connectivity index is 0.000000454. The standard InChI is InChI=1S/C24H32N2O4S.2C22H30N2O2S.2CO2.3ClH/c1-18-14-15-20-22(17-18)31(29,30)26(2)21-12-9-8-11-19(21)24(20)25-16-10-6-4-3-5-7-13-23(27)28;2*1-4-5-6-7-10-15-23-22-18-11-8-9-12-20(18)24(3)27(25,26)21-16-17(2)13-14-19(21)22;2*2-1-3;;;/h8-9,11-12,14-15,17,24-25H,3-7,10,13,16H2,1-2H3,(H,27,28);2*8-9,11-14,16,22-23H,4-7,10,15H2,1-3H3;;;3*1H. The average Bonchev–Trinajstić information content (AvgIpc) is 1.61. The zero-order valence-electron chi connectivity index (χ0n) is 55.4. The first-order chi connectivity index (χ1) is 43.6. The number of halogens is 3. The van der Waals surface area contributed by atoms with Gasteiger partial charge in [0.05, 0.1) is 51.4 Å². The average molecular weight is 1420 g/mol. The molecule has 516 valence electrons. The molecular formula is C70H95Cl3N6O12S3. The highest BCUT2D eigenvalue weighted by atomic mass is 35.5. The summed E-state index contributed by atoms with van der Waals surface area (Å²) in [5.41, 5.74) is 10.9. The van der Waals surface area contributed by atoms with Gasteiger partial charge in [-0.1, -0.05) is 163 Å². The fraction of sp³-hybridized carbons (Fsp3) is 0.443. The molecule has 24 heteroatoms. The van der Waals surface area contributed by atoms with Crippen molar-refractivity contribution in [2.45, 2.75) is 177 Å². The van der Waals surface area contributed by atoms with Gasteiger partial charge < -0.3 is 58.3 Å². The molecule has 3 atom stereocenters. The largest absolute Gasteiger partial charge is 1.00 e. The topological polar surface area (TPSA) is 268 Å². The Morgan fingerprint density at radius 1 is 0.394 bits per heavy atom. The predicted octanol–water partition coefficient (Wildman–Crippen LogP) is 0.960. The maximum absolute atomic E-state index is 13.3. The molecule has 0 fully saturated rings. The number of hydrogen-bond acceptors (Lipinski definition) is 11. The summed E-state index contributed by atoms with van der Waals surface area (Å²) in [7, 11) is -5.77. The van der Waals surface area contributed by atoms with Crippen molar-refractivity contribution < 1.29 is 108 Å². The molecule has 0 bridgehead atoms. The normalized spacial score (nSPS) is 16.0. The molecule has 0 saturated heterocycles. The lowest BCUT2D eigenvalue weighted by Gasteiger charge is -2.20. The minimum Gasteiger partial charge on any atom is -1.00 e. The number of nitrogens with two attached hydrogens (primary N) is 3. The number of sulfonamides is 3. The second-order valence-corrected chi connectivity index (χ2v) is 29.3. The van der Waals surface area contributed by atoms with Gasteiger partial charge in [0.2, 0.25) is 0 Å². The Kier molecular flexibility index (Phi) is 36.9. The second-order valence-electron chi connectivity index (χ2n) is 23.5. The summed E-state index contributed by atoms with van der Waals surface area (Å²) in [5, 5.41) is 15.6. The number of carboxylic acid groups (broad SMARTS) is 1. The molecule has 0 aliphatic carbocycles. The summed E-state index contributed by atoms with van der Waals surface area (Å²) >= 11 is 0. The van der Waals surface area contributed by atoms with E-state index in [1.54, 1.807) is 27.2 Å². The summed E-state index contributed by atoms with van der Waals surface area (Å²) in [6.07, 6.45) is 19.2. The Hall–Kier alpha value is -6.45. The quantitative estimate of drug-likeness (QED) is 0.0618. The van der Waals surface area contributed by atoms with E-state index in [1.165, 1.54) is 64.3 Å². The highest BCUT2D eigenvalue weighted by Crippen LogP contribution is 2.42. The minimum atomic E-state index is -3.61.